The Kier molecular flexibility index (Phi) is 3.21. The van der Waals surface area contributed by atoms with Crippen LogP contribution >= 0.6 is 0 Å². The summed E-state index contributed by atoms with van der Waals surface area (Å²) < 4.78 is 30.7. The van der Waals surface area contributed by atoms with Crippen molar-refractivity contribution < 1.29 is 23.4 Å². The van der Waals surface area contributed by atoms with Crippen LogP contribution in [-0.4, -0.2) is 24.5 Å². The highest BCUT2D eigenvalue weighted by Gasteiger charge is 2.21. The fourth-order valence-corrected chi connectivity index (χ4v) is 1.10. The van der Waals surface area contributed by atoms with Crippen LogP contribution < -0.4 is 10.5 Å². The molecule has 15 heavy (non-hydrogen) atoms. The third-order valence-electron chi connectivity index (χ3n) is 1.84. The monoisotopic (exact) mass is 217 g/mol. The summed E-state index contributed by atoms with van der Waals surface area (Å²) >= 11 is 0. The quantitative estimate of drug-likeness (QED) is 0.735. The van der Waals surface area contributed by atoms with Gasteiger partial charge in [-0.1, -0.05) is 0 Å². The lowest BCUT2D eigenvalue weighted by atomic mass is 10.1. The molecule has 0 fully saturated rings. The van der Waals surface area contributed by atoms with Crippen molar-refractivity contribution >= 4 is 5.78 Å². The highest BCUT2D eigenvalue weighted by atomic mass is 19.1. The molecule has 0 aliphatic carbocycles. The smallest absolute Gasteiger partial charge is 0.210 e. The van der Waals surface area contributed by atoms with E-state index in [9.17, 15) is 18.7 Å². The molecule has 0 spiro atoms. The molecule has 1 aromatic carbocycles. The molecule has 0 saturated carbocycles. The van der Waals surface area contributed by atoms with Crippen LogP contribution in [0.4, 0.5) is 8.78 Å². The molecule has 0 bridgehead atoms. The number of aromatic hydroxyl groups is 1. The molecule has 4 nitrogen and oxygen atoms in total. The third kappa shape index (κ3) is 1.89. The molecule has 0 saturated heterocycles. The lowest BCUT2D eigenvalue weighted by molar-refractivity contribution is 0.0997. The van der Waals surface area contributed by atoms with E-state index in [2.05, 4.69) is 4.74 Å². The minimum absolute atomic E-state index is 0.446. The van der Waals surface area contributed by atoms with Crippen molar-refractivity contribution in [3.8, 4) is 11.5 Å². The summed E-state index contributed by atoms with van der Waals surface area (Å²) in [5.41, 5.74) is 4.51. The summed E-state index contributed by atoms with van der Waals surface area (Å²) in [6.07, 6.45) is 0. The first-order valence-electron chi connectivity index (χ1n) is 4.01. The van der Waals surface area contributed by atoms with Gasteiger partial charge in [-0.05, 0) is 6.07 Å². The first-order valence-corrected chi connectivity index (χ1v) is 4.01. The zero-order chi connectivity index (χ0) is 11.6. The molecule has 0 amide bonds. The molecule has 0 unspecified atom stereocenters. The van der Waals surface area contributed by atoms with Crippen molar-refractivity contribution in [1.29, 1.82) is 0 Å². The van der Waals surface area contributed by atoms with Gasteiger partial charge >= 0.3 is 0 Å². The number of rotatable bonds is 3. The van der Waals surface area contributed by atoms with Crippen molar-refractivity contribution in [3.05, 3.63) is 23.3 Å². The first-order chi connectivity index (χ1) is 7.02. The molecule has 0 aliphatic rings. The number of hydrogen-bond acceptors (Lipinski definition) is 4. The van der Waals surface area contributed by atoms with Gasteiger partial charge in [0.15, 0.2) is 23.1 Å². The van der Waals surface area contributed by atoms with Gasteiger partial charge in [0.2, 0.25) is 5.82 Å². The molecule has 6 heteroatoms. The normalized spacial score (nSPS) is 10.1. The summed E-state index contributed by atoms with van der Waals surface area (Å²) in [4.78, 5) is 11.1. The third-order valence-corrected chi connectivity index (χ3v) is 1.84. The number of nitrogens with two attached hydrogens (primary N) is 1. The number of ketones is 1. The SMILES string of the molecule is COc1c(F)cc(C(=O)CN)c(O)c1F. The first kappa shape index (κ1) is 11.4. The van der Waals surface area contributed by atoms with Crippen molar-refractivity contribution in [1.82, 2.24) is 0 Å². The second-order valence-corrected chi connectivity index (χ2v) is 2.73. The van der Waals surface area contributed by atoms with Gasteiger partial charge in [-0.3, -0.25) is 4.79 Å². The van der Waals surface area contributed by atoms with Crippen LogP contribution in [0.25, 0.3) is 0 Å². The molecule has 0 aromatic heterocycles. The largest absolute Gasteiger partial charge is 0.504 e. The van der Waals surface area contributed by atoms with E-state index in [1.807, 2.05) is 0 Å². The van der Waals surface area contributed by atoms with Crippen LogP contribution in [0, 0.1) is 11.6 Å². The molecule has 0 radical (unpaired) electrons. The highest BCUT2D eigenvalue weighted by Crippen LogP contribution is 2.32. The number of phenols is 1. The Bertz CT molecular complexity index is 407. The van der Waals surface area contributed by atoms with Crippen LogP contribution in [-0.2, 0) is 0 Å². The standard InChI is InChI=1S/C9H9F2NO3/c1-15-9-5(10)2-4(6(13)3-12)8(14)7(9)11/h2,14H,3,12H2,1H3. The minimum atomic E-state index is -1.31. The topological polar surface area (TPSA) is 72.5 Å². The van der Waals surface area contributed by atoms with Gasteiger partial charge in [0.05, 0.1) is 19.2 Å². The molecule has 0 heterocycles. The van der Waals surface area contributed by atoms with E-state index in [0.29, 0.717) is 6.07 Å². The lowest BCUT2D eigenvalue weighted by Crippen LogP contribution is -2.14. The zero-order valence-electron chi connectivity index (χ0n) is 7.88. The number of benzene rings is 1. The van der Waals surface area contributed by atoms with E-state index in [0.717, 1.165) is 7.11 Å². The maximum Gasteiger partial charge on any atom is 0.210 e. The van der Waals surface area contributed by atoms with Gasteiger partial charge in [0.1, 0.15) is 0 Å². The van der Waals surface area contributed by atoms with Gasteiger partial charge in [-0.25, -0.2) is 4.39 Å². The molecule has 82 valence electrons. The predicted molar refractivity (Wildman–Crippen MR) is 48.0 cm³/mol. The lowest BCUT2D eigenvalue weighted by Gasteiger charge is -2.08. The maximum atomic E-state index is 13.2. The zero-order valence-corrected chi connectivity index (χ0v) is 7.88. The molecule has 0 aliphatic heterocycles. The van der Waals surface area contributed by atoms with Crippen molar-refractivity contribution in [2.75, 3.05) is 13.7 Å². The van der Waals surface area contributed by atoms with Gasteiger partial charge < -0.3 is 15.6 Å². The van der Waals surface area contributed by atoms with Crippen LogP contribution in [0.2, 0.25) is 0 Å². The maximum absolute atomic E-state index is 13.2. The summed E-state index contributed by atoms with van der Waals surface area (Å²) in [5, 5.41) is 9.24. The Morgan fingerprint density at radius 2 is 2.20 bits per heavy atom. The number of methoxy groups -OCH3 is 1. The second kappa shape index (κ2) is 4.22. The van der Waals surface area contributed by atoms with E-state index in [1.165, 1.54) is 0 Å². The van der Waals surface area contributed by atoms with Gasteiger partial charge in [-0.15, -0.1) is 0 Å². The van der Waals surface area contributed by atoms with Gasteiger partial charge in [0.25, 0.3) is 0 Å². The Morgan fingerprint density at radius 3 is 2.67 bits per heavy atom. The Labute approximate surface area is 84.3 Å². The number of carbonyl (C=O) groups is 1. The summed E-state index contributed by atoms with van der Waals surface area (Å²) in [6, 6.07) is 0.687. The Hall–Kier alpha value is -1.69. The Balaban J connectivity index is 3.40. The number of hydrogen-bond donors (Lipinski definition) is 2. The van der Waals surface area contributed by atoms with Crippen LogP contribution in [0.5, 0.6) is 11.5 Å². The van der Waals surface area contributed by atoms with E-state index < -0.39 is 41.0 Å². The van der Waals surface area contributed by atoms with Gasteiger partial charge in [0, 0.05) is 0 Å². The van der Waals surface area contributed by atoms with Crippen LogP contribution in [0.1, 0.15) is 10.4 Å². The second-order valence-electron chi connectivity index (χ2n) is 2.73. The molecule has 3 N–H and O–H groups in total. The number of phenolic OH excluding ortho intramolecular Hbond substituents is 1. The molecular weight excluding hydrogens is 208 g/mol. The molecule has 1 aromatic rings. The van der Waals surface area contributed by atoms with Crippen molar-refractivity contribution in [3.63, 3.8) is 0 Å². The number of halogens is 2. The van der Waals surface area contributed by atoms with E-state index in [4.69, 9.17) is 5.73 Å². The highest BCUT2D eigenvalue weighted by molar-refractivity contribution is 6.00. The fourth-order valence-electron chi connectivity index (χ4n) is 1.10. The van der Waals surface area contributed by atoms with Crippen molar-refractivity contribution in [2.45, 2.75) is 0 Å². The van der Waals surface area contributed by atoms with Crippen LogP contribution in [0.15, 0.2) is 6.07 Å². The predicted octanol–water partition coefficient (Wildman–Crippen LogP) is 0.820. The van der Waals surface area contributed by atoms with Crippen LogP contribution in [0.3, 0.4) is 0 Å². The van der Waals surface area contributed by atoms with Gasteiger partial charge in [-0.2, -0.15) is 4.39 Å². The number of ether oxygens (including phenoxy) is 1. The number of carbonyl (C=O) groups excluding carboxylic acids is 1. The average Bonchev–Trinajstić information content (AvgIpc) is 2.23. The molecule has 0 atom stereocenters. The summed E-state index contributed by atoms with van der Waals surface area (Å²) in [7, 11) is 1.05. The number of Topliss-reactive ketones (excluding diaryl/α,β-unsaturated/α-hetero) is 1. The summed E-state index contributed by atoms with van der Waals surface area (Å²) in [6.45, 7) is -0.446. The Morgan fingerprint density at radius 1 is 1.60 bits per heavy atom. The van der Waals surface area contributed by atoms with E-state index in [-0.39, 0.29) is 0 Å². The van der Waals surface area contributed by atoms with Crippen molar-refractivity contribution in [2.24, 2.45) is 5.73 Å². The average molecular weight is 217 g/mol. The fraction of sp³-hybridized carbons (Fsp3) is 0.222. The minimum Gasteiger partial charge on any atom is -0.504 e. The molecule has 1 rings (SSSR count). The van der Waals surface area contributed by atoms with E-state index in [1.54, 1.807) is 0 Å². The van der Waals surface area contributed by atoms with E-state index >= 15 is 0 Å². The molecular formula is C9H9F2NO3. The summed E-state index contributed by atoms with van der Waals surface area (Å²) in [5.74, 6) is -4.82.